The summed E-state index contributed by atoms with van der Waals surface area (Å²) in [6.45, 7) is 3.63. The topological polar surface area (TPSA) is 61.0 Å². The van der Waals surface area contributed by atoms with Gasteiger partial charge in [-0.05, 0) is 30.7 Å². The fourth-order valence-corrected chi connectivity index (χ4v) is 1.50. The van der Waals surface area contributed by atoms with E-state index in [1.807, 2.05) is 12.1 Å². The van der Waals surface area contributed by atoms with Crippen LogP contribution in [0.1, 0.15) is 12.1 Å². The maximum atomic E-state index is 10.6. The first-order chi connectivity index (χ1) is 8.20. The Balaban J connectivity index is 2.25. The van der Waals surface area contributed by atoms with Crippen molar-refractivity contribution < 1.29 is 4.92 Å². The molecular formula is C12H11N3O2. The number of nitro groups is 1. The van der Waals surface area contributed by atoms with Gasteiger partial charge in [-0.3, -0.25) is 10.1 Å². The lowest BCUT2D eigenvalue weighted by atomic mass is 10.3. The minimum absolute atomic E-state index is 0.104. The monoisotopic (exact) mass is 229 g/mol. The van der Waals surface area contributed by atoms with Crippen LogP contribution in [0.5, 0.6) is 0 Å². The summed E-state index contributed by atoms with van der Waals surface area (Å²) in [4.78, 5) is 10.2. The molecular weight excluding hydrogens is 218 g/mol. The van der Waals surface area contributed by atoms with Crippen LogP contribution in [-0.4, -0.2) is 14.7 Å². The molecule has 1 heterocycles. The third-order valence-corrected chi connectivity index (χ3v) is 2.37. The van der Waals surface area contributed by atoms with Crippen molar-refractivity contribution in [3.8, 4) is 0 Å². The first kappa shape index (κ1) is 11.1. The summed E-state index contributed by atoms with van der Waals surface area (Å²) in [6.07, 6.45) is 10.6. The highest BCUT2D eigenvalue weighted by atomic mass is 16.6. The highest BCUT2D eigenvalue weighted by Gasteiger charge is 2.09. The molecule has 0 N–H and O–H groups in total. The number of hydrogen-bond acceptors (Lipinski definition) is 3. The second kappa shape index (κ2) is 4.61. The molecule has 1 aromatic rings. The molecule has 5 nitrogen and oxygen atoms in total. The number of aromatic nitrogens is 2. The molecule has 1 aliphatic carbocycles. The molecule has 0 unspecified atom stereocenters. The van der Waals surface area contributed by atoms with Crippen LogP contribution in [0, 0.1) is 10.1 Å². The average Bonchev–Trinajstić information content (AvgIpc) is 2.65. The zero-order chi connectivity index (χ0) is 12.3. The number of allylic oxidation sites excluding steroid dienone is 5. The molecule has 0 atom stereocenters. The molecule has 0 saturated carbocycles. The van der Waals surface area contributed by atoms with Gasteiger partial charge < -0.3 is 0 Å². The molecule has 1 aliphatic rings. The van der Waals surface area contributed by atoms with Crippen molar-refractivity contribution >= 4 is 11.8 Å². The lowest BCUT2D eigenvalue weighted by Gasteiger charge is -1.99. The Hall–Kier alpha value is -2.43. The van der Waals surface area contributed by atoms with Gasteiger partial charge in [0.15, 0.2) is 0 Å². The summed E-state index contributed by atoms with van der Waals surface area (Å²) in [6, 6.07) is 1.83. The van der Waals surface area contributed by atoms with Gasteiger partial charge in [-0.25, -0.2) is 4.68 Å². The largest absolute Gasteiger partial charge is 0.265 e. The van der Waals surface area contributed by atoms with Crippen LogP contribution in [0.25, 0.3) is 11.8 Å². The summed E-state index contributed by atoms with van der Waals surface area (Å²) in [7, 11) is 0. The standard InChI is InChI=1S/C12H11N3O2/c1-2-10-8-9-14(13-10)11-4-3-5-12(7-6-11)15(16)17/h2,4-9H,1,3H2. The predicted molar refractivity (Wildman–Crippen MR) is 65.4 cm³/mol. The van der Waals surface area contributed by atoms with Gasteiger partial charge in [-0.1, -0.05) is 12.7 Å². The Morgan fingerprint density at radius 3 is 2.94 bits per heavy atom. The minimum Gasteiger partial charge on any atom is -0.258 e. The summed E-state index contributed by atoms with van der Waals surface area (Å²) >= 11 is 0. The van der Waals surface area contributed by atoms with Crippen LogP contribution in [0.15, 0.2) is 48.8 Å². The van der Waals surface area contributed by atoms with Gasteiger partial charge in [0.1, 0.15) is 0 Å². The molecule has 0 aliphatic heterocycles. The van der Waals surface area contributed by atoms with Gasteiger partial charge in [0.25, 0.3) is 5.70 Å². The summed E-state index contributed by atoms with van der Waals surface area (Å²) < 4.78 is 1.67. The van der Waals surface area contributed by atoms with Crippen LogP contribution in [0.3, 0.4) is 0 Å². The molecule has 5 heteroatoms. The van der Waals surface area contributed by atoms with Crippen molar-refractivity contribution in [1.82, 2.24) is 9.78 Å². The maximum absolute atomic E-state index is 10.6. The SMILES string of the molecule is C=Cc1ccn(C2=CCC=C([N+](=O)[O-])C=C2)n1. The van der Waals surface area contributed by atoms with E-state index in [1.54, 1.807) is 29.1 Å². The van der Waals surface area contributed by atoms with Gasteiger partial charge in [0, 0.05) is 12.3 Å². The van der Waals surface area contributed by atoms with Gasteiger partial charge in [-0.15, -0.1) is 0 Å². The van der Waals surface area contributed by atoms with E-state index < -0.39 is 4.92 Å². The second-order valence-electron chi connectivity index (χ2n) is 3.47. The quantitative estimate of drug-likeness (QED) is 0.591. The van der Waals surface area contributed by atoms with E-state index in [2.05, 4.69) is 11.7 Å². The molecule has 0 fully saturated rings. The molecule has 2 rings (SSSR count). The van der Waals surface area contributed by atoms with Crippen LogP contribution in [0.4, 0.5) is 0 Å². The number of rotatable bonds is 3. The number of hydrogen-bond donors (Lipinski definition) is 0. The molecule has 86 valence electrons. The van der Waals surface area contributed by atoms with E-state index >= 15 is 0 Å². The maximum Gasteiger partial charge on any atom is 0.265 e. The Morgan fingerprint density at radius 2 is 2.29 bits per heavy atom. The van der Waals surface area contributed by atoms with Gasteiger partial charge in [0.05, 0.1) is 16.3 Å². The smallest absolute Gasteiger partial charge is 0.258 e. The lowest BCUT2D eigenvalue weighted by Crippen LogP contribution is -1.96. The third kappa shape index (κ3) is 2.39. The van der Waals surface area contributed by atoms with Crippen LogP contribution in [0.2, 0.25) is 0 Å². The fraction of sp³-hybridized carbons (Fsp3) is 0.0833. The van der Waals surface area contributed by atoms with E-state index in [1.165, 1.54) is 6.08 Å². The molecule has 0 aromatic carbocycles. The van der Waals surface area contributed by atoms with Crippen LogP contribution in [-0.2, 0) is 0 Å². The normalized spacial score (nSPS) is 14.8. The average molecular weight is 229 g/mol. The van der Waals surface area contributed by atoms with Gasteiger partial charge in [0.2, 0.25) is 0 Å². The van der Waals surface area contributed by atoms with Crippen LogP contribution < -0.4 is 0 Å². The van der Waals surface area contributed by atoms with Crippen molar-refractivity contribution in [2.75, 3.05) is 0 Å². The van der Waals surface area contributed by atoms with E-state index in [0.717, 1.165) is 11.4 Å². The molecule has 0 bridgehead atoms. The molecule has 0 spiro atoms. The zero-order valence-electron chi connectivity index (χ0n) is 9.11. The first-order valence-corrected chi connectivity index (χ1v) is 5.12. The predicted octanol–water partition coefficient (Wildman–Crippen LogP) is 2.49. The Morgan fingerprint density at radius 1 is 1.47 bits per heavy atom. The highest BCUT2D eigenvalue weighted by Crippen LogP contribution is 2.15. The van der Waals surface area contributed by atoms with Crippen LogP contribution >= 0.6 is 0 Å². The summed E-state index contributed by atoms with van der Waals surface area (Å²) in [5.74, 6) is 0. The summed E-state index contributed by atoms with van der Waals surface area (Å²) in [5.41, 5.74) is 1.68. The minimum atomic E-state index is -0.397. The Labute approximate surface area is 98.2 Å². The molecule has 17 heavy (non-hydrogen) atoms. The molecule has 1 aromatic heterocycles. The molecule has 0 amide bonds. The molecule has 0 saturated heterocycles. The first-order valence-electron chi connectivity index (χ1n) is 5.12. The number of nitrogens with zero attached hydrogens (tertiary/aromatic N) is 3. The van der Waals surface area contributed by atoms with E-state index in [0.29, 0.717) is 6.42 Å². The second-order valence-corrected chi connectivity index (χ2v) is 3.47. The van der Waals surface area contributed by atoms with E-state index in [4.69, 9.17) is 0 Å². The van der Waals surface area contributed by atoms with Crippen molar-refractivity contribution in [3.63, 3.8) is 0 Å². The fourth-order valence-electron chi connectivity index (χ4n) is 1.50. The van der Waals surface area contributed by atoms with E-state index in [-0.39, 0.29) is 5.70 Å². The van der Waals surface area contributed by atoms with Crippen molar-refractivity contribution in [3.05, 3.63) is 64.7 Å². The van der Waals surface area contributed by atoms with Gasteiger partial charge in [-0.2, -0.15) is 5.10 Å². The van der Waals surface area contributed by atoms with E-state index in [9.17, 15) is 10.1 Å². The van der Waals surface area contributed by atoms with Crippen molar-refractivity contribution in [1.29, 1.82) is 0 Å². The summed E-state index contributed by atoms with van der Waals surface area (Å²) in [5, 5.41) is 14.9. The Kier molecular flexibility index (Phi) is 3.00. The van der Waals surface area contributed by atoms with Gasteiger partial charge >= 0.3 is 0 Å². The van der Waals surface area contributed by atoms with Crippen molar-refractivity contribution in [2.45, 2.75) is 6.42 Å². The zero-order valence-corrected chi connectivity index (χ0v) is 9.11. The third-order valence-electron chi connectivity index (χ3n) is 2.37. The molecule has 0 radical (unpaired) electrons. The lowest BCUT2D eigenvalue weighted by molar-refractivity contribution is -0.419. The van der Waals surface area contributed by atoms with Crippen molar-refractivity contribution in [2.24, 2.45) is 0 Å². The highest BCUT2D eigenvalue weighted by molar-refractivity contribution is 5.59. The Bertz CT molecular complexity index is 550.